The van der Waals surface area contributed by atoms with Gasteiger partial charge in [0.15, 0.2) is 0 Å². The van der Waals surface area contributed by atoms with Crippen LogP contribution in [0.1, 0.15) is 53.1 Å². The molecule has 2 amide bonds. The van der Waals surface area contributed by atoms with Gasteiger partial charge in [-0.3, -0.25) is 9.59 Å². The Labute approximate surface area is 188 Å². The molecule has 2 saturated heterocycles. The first-order valence-electron chi connectivity index (χ1n) is 11.6. The molecule has 1 spiro atoms. The number of hydrogen-bond acceptors (Lipinski definition) is 3. The van der Waals surface area contributed by atoms with Crippen LogP contribution in [0.25, 0.3) is 0 Å². The highest BCUT2D eigenvalue weighted by Crippen LogP contribution is 2.52. The number of nitrogens with zero attached hydrogens (tertiary/aromatic N) is 2. The van der Waals surface area contributed by atoms with Crippen LogP contribution >= 0.6 is 0 Å². The van der Waals surface area contributed by atoms with Gasteiger partial charge in [-0.1, -0.05) is 30.3 Å². The van der Waals surface area contributed by atoms with Crippen molar-refractivity contribution in [3.8, 4) is 0 Å². The van der Waals surface area contributed by atoms with Crippen molar-refractivity contribution < 1.29 is 18.7 Å². The van der Waals surface area contributed by atoms with E-state index in [1.807, 2.05) is 9.80 Å². The average molecular weight is 437 g/mol. The van der Waals surface area contributed by atoms with E-state index in [4.69, 9.17) is 4.74 Å². The molecule has 6 heteroatoms. The fourth-order valence-electron chi connectivity index (χ4n) is 5.78. The number of piperidine rings is 1. The Morgan fingerprint density at radius 3 is 2.47 bits per heavy atom. The number of benzene rings is 2. The molecule has 2 fully saturated rings. The van der Waals surface area contributed by atoms with Gasteiger partial charge in [0.25, 0.3) is 5.91 Å². The number of ether oxygens (including phenoxy) is 1. The molecular formula is C26H29FN2O3. The van der Waals surface area contributed by atoms with Crippen LogP contribution < -0.4 is 0 Å². The van der Waals surface area contributed by atoms with Crippen LogP contribution in [0, 0.1) is 5.82 Å². The van der Waals surface area contributed by atoms with Crippen LogP contribution in [0.5, 0.6) is 0 Å². The predicted octanol–water partition coefficient (Wildman–Crippen LogP) is 3.74. The summed E-state index contributed by atoms with van der Waals surface area (Å²) in [4.78, 5) is 29.6. The molecule has 0 aromatic heterocycles. The van der Waals surface area contributed by atoms with Gasteiger partial charge >= 0.3 is 0 Å². The molecule has 0 unspecified atom stereocenters. The molecule has 1 aliphatic carbocycles. The normalized spacial score (nSPS) is 22.1. The van der Waals surface area contributed by atoms with Crippen LogP contribution in [0.4, 0.5) is 4.39 Å². The molecule has 2 aliphatic heterocycles. The highest BCUT2D eigenvalue weighted by molar-refractivity contribution is 5.94. The van der Waals surface area contributed by atoms with Crippen molar-refractivity contribution in [2.75, 3.05) is 39.4 Å². The third kappa shape index (κ3) is 3.92. The van der Waals surface area contributed by atoms with E-state index < -0.39 is 0 Å². The molecule has 32 heavy (non-hydrogen) atoms. The Balaban J connectivity index is 1.30. The molecule has 2 aromatic carbocycles. The zero-order chi connectivity index (χ0) is 22.1. The van der Waals surface area contributed by atoms with E-state index in [1.165, 1.54) is 23.3 Å². The van der Waals surface area contributed by atoms with Gasteiger partial charge in [0.05, 0.1) is 13.2 Å². The number of carbonyl (C=O) groups is 2. The summed E-state index contributed by atoms with van der Waals surface area (Å²) in [6.45, 7) is 3.88. The van der Waals surface area contributed by atoms with Crippen molar-refractivity contribution in [2.24, 2.45) is 0 Å². The van der Waals surface area contributed by atoms with Gasteiger partial charge in [0.1, 0.15) is 5.82 Å². The second-order valence-corrected chi connectivity index (χ2v) is 9.27. The maximum atomic E-state index is 13.6. The lowest BCUT2D eigenvalue weighted by Gasteiger charge is -2.40. The van der Waals surface area contributed by atoms with Gasteiger partial charge < -0.3 is 14.5 Å². The van der Waals surface area contributed by atoms with Crippen molar-refractivity contribution in [1.29, 1.82) is 0 Å². The zero-order valence-electron chi connectivity index (χ0n) is 18.3. The molecule has 2 heterocycles. The van der Waals surface area contributed by atoms with Gasteiger partial charge in [-0.25, -0.2) is 4.39 Å². The first-order valence-corrected chi connectivity index (χ1v) is 11.6. The first-order chi connectivity index (χ1) is 15.6. The van der Waals surface area contributed by atoms with E-state index in [1.54, 1.807) is 12.1 Å². The monoisotopic (exact) mass is 436 g/mol. The number of likely N-dealkylation sites (tertiary alicyclic amines) is 1. The number of morpholine rings is 1. The Morgan fingerprint density at radius 1 is 0.969 bits per heavy atom. The predicted molar refractivity (Wildman–Crippen MR) is 119 cm³/mol. The fourth-order valence-corrected chi connectivity index (χ4v) is 5.78. The Kier molecular flexibility index (Phi) is 5.72. The molecule has 0 bridgehead atoms. The van der Waals surface area contributed by atoms with Gasteiger partial charge in [-0.15, -0.1) is 0 Å². The number of halogens is 1. The summed E-state index contributed by atoms with van der Waals surface area (Å²) in [6, 6.07) is 14.4. The molecular weight excluding hydrogens is 407 g/mol. The van der Waals surface area contributed by atoms with Crippen molar-refractivity contribution in [2.45, 2.75) is 37.0 Å². The van der Waals surface area contributed by atoms with E-state index in [0.717, 1.165) is 19.3 Å². The third-order valence-corrected chi connectivity index (χ3v) is 7.47. The Morgan fingerprint density at radius 2 is 1.72 bits per heavy atom. The van der Waals surface area contributed by atoms with Crippen LogP contribution in [0.3, 0.4) is 0 Å². The van der Waals surface area contributed by atoms with Gasteiger partial charge in [-0.2, -0.15) is 0 Å². The Bertz CT molecular complexity index is 1010. The maximum Gasteiger partial charge on any atom is 0.253 e. The third-order valence-electron chi connectivity index (χ3n) is 7.47. The molecule has 0 N–H and O–H groups in total. The fraction of sp³-hybridized carbons (Fsp3) is 0.462. The van der Waals surface area contributed by atoms with Crippen LogP contribution in [-0.4, -0.2) is 61.0 Å². The number of amides is 2. The quantitative estimate of drug-likeness (QED) is 0.737. The van der Waals surface area contributed by atoms with E-state index in [-0.39, 0.29) is 29.0 Å². The largest absolute Gasteiger partial charge is 0.378 e. The Hall–Kier alpha value is -2.73. The van der Waals surface area contributed by atoms with Gasteiger partial charge in [-0.05, 0) is 59.9 Å². The summed E-state index contributed by atoms with van der Waals surface area (Å²) in [6.07, 6.45) is 3.22. The second kappa shape index (κ2) is 8.66. The number of fused-ring (bicyclic) bond motifs is 2. The van der Waals surface area contributed by atoms with E-state index >= 15 is 0 Å². The highest BCUT2D eigenvalue weighted by atomic mass is 19.1. The van der Waals surface area contributed by atoms with Crippen LogP contribution in [0.2, 0.25) is 0 Å². The minimum Gasteiger partial charge on any atom is -0.378 e. The molecule has 0 saturated carbocycles. The zero-order valence-corrected chi connectivity index (χ0v) is 18.3. The molecule has 5 nitrogen and oxygen atoms in total. The summed E-state index contributed by atoms with van der Waals surface area (Å²) in [5.74, 6) is -0.0672. The van der Waals surface area contributed by atoms with E-state index in [9.17, 15) is 14.0 Å². The highest BCUT2D eigenvalue weighted by Gasteiger charge is 2.46. The average Bonchev–Trinajstić information content (AvgIpc) is 3.12. The number of rotatable bonds is 3. The maximum absolute atomic E-state index is 13.6. The molecule has 0 radical (unpaired) electrons. The summed E-state index contributed by atoms with van der Waals surface area (Å²) in [5.41, 5.74) is 3.05. The number of hydrogen-bond donors (Lipinski definition) is 0. The van der Waals surface area contributed by atoms with Crippen molar-refractivity contribution in [3.63, 3.8) is 0 Å². The van der Waals surface area contributed by atoms with Crippen molar-refractivity contribution in [1.82, 2.24) is 9.80 Å². The van der Waals surface area contributed by atoms with Crippen LogP contribution in [0.15, 0.2) is 48.5 Å². The molecule has 3 aliphatic rings. The molecule has 2 aromatic rings. The summed E-state index contributed by atoms with van der Waals surface area (Å²) < 4.78 is 19.0. The first kappa shape index (κ1) is 21.1. The van der Waals surface area contributed by atoms with Crippen molar-refractivity contribution >= 4 is 11.8 Å². The standard InChI is InChI=1S/C26H29FN2O3/c27-21-5-3-4-19(16-21)25(31)29-10-8-26(9-11-29)18-20(22-6-1-2-7-23(22)26)17-24(30)28-12-14-32-15-13-28/h1-7,16,20H,8-15,17-18H2/t20-/m0/s1. The van der Waals surface area contributed by atoms with Gasteiger partial charge in [0.2, 0.25) is 5.91 Å². The van der Waals surface area contributed by atoms with Crippen molar-refractivity contribution in [3.05, 3.63) is 71.0 Å². The number of carbonyl (C=O) groups excluding carboxylic acids is 2. The lowest BCUT2D eigenvalue weighted by Crippen LogP contribution is -2.44. The van der Waals surface area contributed by atoms with E-state index in [2.05, 4.69) is 24.3 Å². The van der Waals surface area contributed by atoms with E-state index in [0.29, 0.717) is 51.4 Å². The summed E-state index contributed by atoms with van der Waals surface area (Å²) >= 11 is 0. The summed E-state index contributed by atoms with van der Waals surface area (Å²) in [5, 5.41) is 0. The topological polar surface area (TPSA) is 49.9 Å². The smallest absolute Gasteiger partial charge is 0.253 e. The lowest BCUT2D eigenvalue weighted by molar-refractivity contribution is -0.135. The summed E-state index contributed by atoms with van der Waals surface area (Å²) in [7, 11) is 0. The minimum atomic E-state index is -0.387. The second-order valence-electron chi connectivity index (χ2n) is 9.27. The molecule has 5 rings (SSSR count). The SMILES string of the molecule is O=C(C[C@H]1CC2(CCN(C(=O)c3cccc(F)c3)CC2)c2ccccc21)N1CCOCC1. The van der Waals surface area contributed by atoms with Gasteiger partial charge in [0, 0.05) is 38.2 Å². The lowest BCUT2D eigenvalue weighted by atomic mass is 9.73. The minimum absolute atomic E-state index is 0.00523. The molecule has 1 atom stereocenters. The molecule has 168 valence electrons. The van der Waals surface area contributed by atoms with Crippen LogP contribution in [-0.2, 0) is 14.9 Å².